The minimum absolute atomic E-state index is 0.0995. The molecule has 2 heteroatoms. The minimum atomic E-state index is -0.0995. The molecule has 0 spiro atoms. The summed E-state index contributed by atoms with van der Waals surface area (Å²) < 4.78 is 4.73. The van der Waals surface area contributed by atoms with E-state index in [9.17, 15) is 0 Å². The fraction of sp³-hybridized carbons (Fsp3) is 0.600. The zero-order valence-corrected chi connectivity index (χ0v) is 5.95. The Labute approximate surface area is 52.2 Å². The van der Waals surface area contributed by atoms with E-state index in [0.717, 1.165) is 0 Å². The Bertz CT molecular complexity index is 90.0. The second-order valence-electron chi connectivity index (χ2n) is 0.946. The number of alkyl halides is 1. The molecule has 0 aromatic heterocycles. The highest BCUT2D eigenvalue weighted by atomic mass is 79.9. The van der Waals surface area contributed by atoms with E-state index in [0.29, 0.717) is 0 Å². The van der Waals surface area contributed by atoms with Gasteiger partial charge in [0.1, 0.15) is 0 Å². The molecule has 7 heavy (non-hydrogen) atoms. The normalized spacial score (nSPS) is 11.9. The lowest BCUT2D eigenvalue weighted by Gasteiger charge is -1.92. The van der Waals surface area contributed by atoms with E-state index in [1.807, 2.05) is 0 Å². The first kappa shape index (κ1) is 7.00. The van der Waals surface area contributed by atoms with Gasteiger partial charge >= 0.3 is 0 Å². The zero-order chi connectivity index (χ0) is 5.70. The van der Waals surface area contributed by atoms with Crippen LogP contribution in [0, 0.1) is 11.8 Å². The van der Waals surface area contributed by atoms with Gasteiger partial charge < -0.3 is 4.74 Å². The van der Waals surface area contributed by atoms with Gasteiger partial charge in [-0.15, -0.1) is 5.92 Å². The summed E-state index contributed by atoms with van der Waals surface area (Å²) >= 11 is 3.14. The molecule has 0 fully saturated rings. The molecule has 0 bridgehead atoms. The Morgan fingerprint density at radius 2 is 2.29 bits per heavy atom. The second-order valence-corrected chi connectivity index (χ2v) is 1.78. The second kappa shape index (κ2) is 4.17. The van der Waals surface area contributed by atoms with Crippen LogP contribution in [0.15, 0.2) is 0 Å². The van der Waals surface area contributed by atoms with E-state index < -0.39 is 0 Å². The molecule has 0 amide bonds. The standard InChI is InChI=1S/C5H7BrO/c1-3-4-5(6)7-2/h5H,1-2H3. The van der Waals surface area contributed by atoms with Crippen molar-refractivity contribution in [3.05, 3.63) is 0 Å². The van der Waals surface area contributed by atoms with Gasteiger partial charge in [-0.05, 0) is 22.9 Å². The number of methoxy groups -OCH3 is 1. The van der Waals surface area contributed by atoms with E-state index in [1.54, 1.807) is 14.0 Å². The van der Waals surface area contributed by atoms with Crippen LogP contribution in [0.1, 0.15) is 6.92 Å². The van der Waals surface area contributed by atoms with Gasteiger partial charge in [-0.2, -0.15) is 0 Å². The van der Waals surface area contributed by atoms with Crippen molar-refractivity contribution < 1.29 is 4.74 Å². The molecule has 0 heterocycles. The van der Waals surface area contributed by atoms with Crippen molar-refractivity contribution in [1.29, 1.82) is 0 Å². The van der Waals surface area contributed by atoms with Crippen molar-refractivity contribution in [1.82, 2.24) is 0 Å². The van der Waals surface area contributed by atoms with Crippen molar-refractivity contribution in [2.45, 2.75) is 11.9 Å². The minimum Gasteiger partial charge on any atom is -0.358 e. The summed E-state index contributed by atoms with van der Waals surface area (Å²) in [6.07, 6.45) is 0. The van der Waals surface area contributed by atoms with E-state index in [-0.39, 0.29) is 5.01 Å². The lowest BCUT2D eigenvalue weighted by Crippen LogP contribution is -1.93. The maximum absolute atomic E-state index is 4.73. The summed E-state index contributed by atoms with van der Waals surface area (Å²) in [5.41, 5.74) is 0. The molecule has 0 radical (unpaired) electrons. The SMILES string of the molecule is CC#CC(Br)OC. The topological polar surface area (TPSA) is 9.23 Å². The van der Waals surface area contributed by atoms with Crippen molar-refractivity contribution in [2.24, 2.45) is 0 Å². The molecule has 1 unspecified atom stereocenters. The molecule has 0 N–H and O–H groups in total. The van der Waals surface area contributed by atoms with Gasteiger partial charge in [0.15, 0.2) is 5.01 Å². The monoisotopic (exact) mass is 162 g/mol. The maximum atomic E-state index is 4.73. The van der Waals surface area contributed by atoms with Crippen LogP contribution in [0.25, 0.3) is 0 Å². The van der Waals surface area contributed by atoms with Crippen LogP contribution < -0.4 is 0 Å². The third kappa shape index (κ3) is 3.84. The quantitative estimate of drug-likeness (QED) is 0.419. The predicted molar refractivity (Wildman–Crippen MR) is 33.2 cm³/mol. The number of hydrogen-bond acceptors (Lipinski definition) is 1. The largest absolute Gasteiger partial charge is 0.358 e. The molecule has 0 saturated heterocycles. The summed E-state index contributed by atoms with van der Waals surface area (Å²) in [7, 11) is 1.60. The lowest BCUT2D eigenvalue weighted by molar-refractivity contribution is 0.219. The first-order valence-electron chi connectivity index (χ1n) is 1.90. The molecule has 0 aliphatic rings. The van der Waals surface area contributed by atoms with E-state index >= 15 is 0 Å². The van der Waals surface area contributed by atoms with Gasteiger partial charge in [0.05, 0.1) is 0 Å². The summed E-state index contributed by atoms with van der Waals surface area (Å²) in [5, 5.41) is -0.0995. The van der Waals surface area contributed by atoms with Crippen LogP contribution in [0.2, 0.25) is 0 Å². The Kier molecular flexibility index (Phi) is 4.17. The average Bonchev–Trinajstić information content (AvgIpc) is 1.68. The highest BCUT2D eigenvalue weighted by molar-refractivity contribution is 9.09. The first-order valence-corrected chi connectivity index (χ1v) is 2.82. The summed E-state index contributed by atoms with van der Waals surface area (Å²) in [4.78, 5) is 0. The molecular formula is C5H7BrO. The summed E-state index contributed by atoms with van der Waals surface area (Å²) in [6.45, 7) is 1.77. The molecule has 0 aliphatic heterocycles. The first-order chi connectivity index (χ1) is 3.31. The summed E-state index contributed by atoms with van der Waals surface area (Å²) in [6, 6.07) is 0. The van der Waals surface area contributed by atoms with Gasteiger partial charge in [0.25, 0.3) is 0 Å². The predicted octanol–water partition coefficient (Wildman–Crippen LogP) is 1.38. The van der Waals surface area contributed by atoms with Gasteiger partial charge in [0.2, 0.25) is 0 Å². The van der Waals surface area contributed by atoms with Crippen LogP contribution in [-0.2, 0) is 4.74 Å². The molecule has 0 saturated carbocycles. The van der Waals surface area contributed by atoms with Crippen molar-refractivity contribution >= 4 is 15.9 Å². The van der Waals surface area contributed by atoms with E-state index in [2.05, 4.69) is 27.8 Å². The summed E-state index contributed by atoms with van der Waals surface area (Å²) in [5.74, 6) is 5.44. The third-order valence-electron chi connectivity index (χ3n) is 0.465. The smallest absolute Gasteiger partial charge is 0.172 e. The Morgan fingerprint density at radius 3 is 2.43 bits per heavy atom. The van der Waals surface area contributed by atoms with Crippen LogP contribution in [0.3, 0.4) is 0 Å². The molecule has 1 nitrogen and oxygen atoms in total. The van der Waals surface area contributed by atoms with Crippen LogP contribution in [0.4, 0.5) is 0 Å². The average molecular weight is 163 g/mol. The fourth-order valence-electron chi connectivity index (χ4n) is 0.172. The molecular weight excluding hydrogens is 156 g/mol. The number of hydrogen-bond donors (Lipinski definition) is 0. The van der Waals surface area contributed by atoms with Crippen molar-refractivity contribution in [3.8, 4) is 11.8 Å². The van der Waals surface area contributed by atoms with Crippen molar-refractivity contribution in [2.75, 3.05) is 7.11 Å². The highest BCUT2D eigenvalue weighted by Crippen LogP contribution is 1.94. The Hall–Kier alpha value is -0.0000000000000000208. The van der Waals surface area contributed by atoms with E-state index in [4.69, 9.17) is 4.74 Å². The van der Waals surface area contributed by atoms with Crippen LogP contribution in [0.5, 0.6) is 0 Å². The Morgan fingerprint density at radius 1 is 1.71 bits per heavy atom. The van der Waals surface area contributed by atoms with Crippen molar-refractivity contribution in [3.63, 3.8) is 0 Å². The maximum Gasteiger partial charge on any atom is 0.172 e. The third-order valence-corrected chi connectivity index (χ3v) is 1.07. The molecule has 0 aliphatic carbocycles. The molecule has 0 aromatic carbocycles. The number of ether oxygens (including phenoxy) is 1. The van der Waals surface area contributed by atoms with Crippen LogP contribution in [-0.4, -0.2) is 12.1 Å². The van der Waals surface area contributed by atoms with Gasteiger partial charge in [-0.25, -0.2) is 0 Å². The van der Waals surface area contributed by atoms with Gasteiger partial charge in [0, 0.05) is 7.11 Å². The van der Waals surface area contributed by atoms with Gasteiger partial charge in [-0.1, -0.05) is 5.92 Å². The number of rotatable bonds is 1. The molecule has 0 aromatic rings. The van der Waals surface area contributed by atoms with Crippen LogP contribution >= 0.6 is 15.9 Å². The molecule has 40 valence electrons. The molecule has 0 rings (SSSR count). The van der Waals surface area contributed by atoms with Gasteiger partial charge in [-0.3, -0.25) is 0 Å². The molecule has 1 atom stereocenters. The lowest BCUT2D eigenvalue weighted by atomic mass is 10.6. The zero-order valence-electron chi connectivity index (χ0n) is 4.36. The highest BCUT2D eigenvalue weighted by Gasteiger charge is 1.88. The Balaban J connectivity index is 3.29. The fourth-order valence-corrected chi connectivity index (χ4v) is 0.401. The van der Waals surface area contributed by atoms with E-state index in [1.165, 1.54) is 0 Å². The number of halogens is 1.